The highest BCUT2D eigenvalue weighted by atomic mass is 19.4. The third-order valence-corrected chi connectivity index (χ3v) is 3.56. The molecule has 2 heterocycles. The maximum absolute atomic E-state index is 12.4. The fourth-order valence-electron chi connectivity index (χ4n) is 2.62. The van der Waals surface area contributed by atoms with Gasteiger partial charge in [0.05, 0.1) is 6.04 Å². The standard InChI is InChI=1S/C12H19F3N2O2/c13-12(14,15)8-17-5-1-2-10(11(17)18)16-9-3-6-19-7-4-9/h9-10,16H,1-8H2/t10-/m1/s1. The lowest BCUT2D eigenvalue weighted by atomic mass is 10.0. The van der Waals surface area contributed by atoms with Crippen molar-refractivity contribution in [3.63, 3.8) is 0 Å². The molecule has 2 rings (SSSR count). The summed E-state index contributed by atoms with van der Waals surface area (Å²) < 4.78 is 42.3. The highest BCUT2D eigenvalue weighted by Crippen LogP contribution is 2.21. The predicted molar refractivity (Wildman–Crippen MR) is 62.6 cm³/mol. The van der Waals surface area contributed by atoms with Crippen molar-refractivity contribution >= 4 is 5.91 Å². The summed E-state index contributed by atoms with van der Waals surface area (Å²) in [6.07, 6.45) is -1.48. The SMILES string of the molecule is O=C1[C@H](NC2CCOCC2)CCCN1CC(F)(F)F. The summed E-state index contributed by atoms with van der Waals surface area (Å²) in [5.74, 6) is -0.421. The molecule has 0 bridgehead atoms. The molecule has 7 heteroatoms. The molecule has 0 aliphatic carbocycles. The Labute approximate surface area is 110 Å². The van der Waals surface area contributed by atoms with Crippen molar-refractivity contribution in [1.82, 2.24) is 10.2 Å². The molecular formula is C12H19F3N2O2. The van der Waals surface area contributed by atoms with Crippen LogP contribution in [0.5, 0.6) is 0 Å². The Morgan fingerprint density at radius 2 is 1.95 bits per heavy atom. The molecule has 0 aromatic carbocycles. The fourth-order valence-corrected chi connectivity index (χ4v) is 2.62. The number of alkyl halides is 3. The molecule has 0 saturated carbocycles. The summed E-state index contributed by atoms with van der Waals surface area (Å²) in [6, 6.07) is -0.298. The van der Waals surface area contributed by atoms with Crippen LogP contribution in [0.3, 0.4) is 0 Å². The van der Waals surface area contributed by atoms with E-state index in [2.05, 4.69) is 5.32 Å². The number of rotatable bonds is 3. The molecule has 1 amide bonds. The molecule has 0 aromatic rings. The molecule has 2 fully saturated rings. The second-order valence-corrected chi connectivity index (χ2v) is 5.12. The molecule has 2 aliphatic rings. The monoisotopic (exact) mass is 280 g/mol. The van der Waals surface area contributed by atoms with Gasteiger partial charge in [0.1, 0.15) is 6.54 Å². The molecule has 0 unspecified atom stereocenters. The number of hydrogen-bond donors (Lipinski definition) is 1. The molecule has 2 aliphatic heterocycles. The number of ether oxygens (including phenoxy) is 1. The van der Waals surface area contributed by atoms with Crippen LogP contribution >= 0.6 is 0 Å². The van der Waals surface area contributed by atoms with Gasteiger partial charge in [-0.2, -0.15) is 13.2 Å². The Morgan fingerprint density at radius 1 is 1.26 bits per heavy atom. The first-order chi connectivity index (χ1) is 8.96. The van der Waals surface area contributed by atoms with Gasteiger partial charge in [-0.25, -0.2) is 0 Å². The lowest BCUT2D eigenvalue weighted by molar-refractivity contribution is -0.165. The van der Waals surface area contributed by atoms with E-state index >= 15 is 0 Å². The van der Waals surface area contributed by atoms with Crippen LogP contribution in [0.25, 0.3) is 0 Å². The van der Waals surface area contributed by atoms with Crippen molar-refractivity contribution in [2.75, 3.05) is 26.3 Å². The van der Waals surface area contributed by atoms with Gasteiger partial charge in [-0.05, 0) is 25.7 Å². The highest BCUT2D eigenvalue weighted by molar-refractivity contribution is 5.82. The summed E-state index contributed by atoms with van der Waals surface area (Å²) in [5, 5.41) is 3.18. The van der Waals surface area contributed by atoms with E-state index < -0.39 is 24.7 Å². The summed E-state index contributed by atoms with van der Waals surface area (Å²) in [4.78, 5) is 12.9. The number of amides is 1. The Balaban J connectivity index is 1.88. The molecule has 19 heavy (non-hydrogen) atoms. The van der Waals surface area contributed by atoms with E-state index in [0.717, 1.165) is 17.7 Å². The number of nitrogens with zero attached hydrogens (tertiary/aromatic N) is 1. The van der Waals surface area contributed by atoms with Gasteiger partial charge in [0.25, 0.3) is 0 Å². The minimum absolute atomic E-state index is 0.175. The van der Waals surface area contributed by atoms with Gasteiger partial charge in [-0.1, -0.05) is 0 Å². The molecule has 0 spiro atoms. The number of likely N-dealkylation sites (tertiary alicyclic amines) is 1. The topological polar surface area (TPSA) is 41.6 Å². The molecule has 4 nitrogen and oxygen atoms in total. The fraction of sp³-hybridized carbons (Fsp3) is 0.917. The van der Waals surface area contributed by atoms with Gasteiger partial charge >= 0.3 is 6.18 Å². The predicted octanol–water partition coefficient (Wildman–Crippen LogP) is 1.31. The van der Waals surface area contributed by atoms with Gasteiger partial charge in [0, 0.05) is 25.8 Å². The lowest BCUT2D eigenvalue weighted by Crippen LogP contribution is -2.55. The maximum atomic E-state index is 12.4. The molecule has 0 radical (unpaired) electrons. The minimum Gasteiger partial charge on any atom is -0.381 e. The number of carbonyl (C=O) groups is 1. The number of hydrogen-bond acceptors (Lipinski definition) is 3. The Hall–Kier alpha value is -0.820. The van der Waals surface area contributed by atoms with Crippen molar-refractivity contribution in [2.45, 2.75) is 43.9 Å². The zero-order chi connectivity index (χ0) is 13.9. The number of halogens is 3. The van der Waals surface area contributed by atoms with Crippen molar-refractivity contribution in [3.05, 3.63) is 0 Å². The second kappa shape index (κ2) is 6.09. The maximum Gasteiger partial charge on any atom is 0.406 e. The largest absolute Gasteiger partial charge is 0.406 e. The van der Waals surface area contributed by atoms with Crippen LogP contribution in [-0.4, -0.2) is 55.4 Å². The van der Waals surface area contributed by atoms with Crippen LogP contribution in [0, 0.1) is 0 Å². The van der Waals surface area contributed by atoms with Gasteiger partial charge in [-0.3, -0.25) is 4.79 Å². The van der Waals surface area contributed by atoms with Crippen molar-refractivity contribution in [2.24, 2.45) is 0 Å². The number of carbonyl (C=O) groups excluding carboxylic acids is 1. The zero-order valence-electron chi connectivity index (χ0n) is 10.7. The summed E-state index contributed by atoms with van der Waals surface area (Å²) in [5.41, 5.74) is 0. The van der Waals surface area contributed by atoms with Gasteiger partial charge in [0.2, 0.25) is 5.91 Å². The van der Waals surface area contributed by atoms with Crippen molar-refractivity contribution < 1.29 is 22.7 Å². The first kappa shape index (κ1) is 14.6. The molecule has 0 aromatic heterocycles. The van der Waals surface area contributed by atoms with E-state index in [1.165, 1.54) is 0 Å². The highest BCUT2D eigenvalue weighted by Gasteiger charge is 2.37. The number of nitrogens with one attached hydrogen (secondary N) is 1. The van der Waals surface area contributed by atoms with Crippen LogP contribution in [0.2, 0.25) is 0 Å². The van der Waals surface area contributed by atoms with E-state index in [1.54, 1.807) is 0 Å². The zero-order valence-corrected chi connectivity index (χ0v) is 10.7. The minimum atomic E-state index is -4.32. The molecular weight excluding hydrogens is 261 g/mol. The molecule has 2 saturated heterocycles. The lowest BCUT2D eigenvalue weighted by Gasteiger charge is -2.35. The Bertz CT molecular complexity index is 317. The molecule has 1 atom stereocenters. The molecule has 110 valence electrons. The van der Waals surface area contributed by atoms with E-state index in [0.29, 0.717) is 26.1 Å². The third-order valence-electron chi connectivity index (χ3n) is 3.56. The van der Waals surface area contributed by atoms with Gasteiger partial charge in [-0.15, -0.1) is 0 Å². The van der Waals surface area contributed by atoms with Crippen LogP contribution in [0.4, 0.5) is 13.2 Å². The number of piperidine rings is 1. The van der Waals surface area contributed by atoms with Crippen LogP contribution in [-0.2, 0) is 9.53 Å². The average Bonchev–Trinajstić information content (AvgIpc) is 2.34. The van der Waals surface area contributed by atoms with Crippen LogP contribution in [0.15, 0.2) is 0 Å². The smallest absolute Gasteiger partial charge is 0.381 e. The van der Waals surface area contributed by atoms with E-state index in [4.69, 9.17) is 4.74 Å². The summed E-state index contributed by atoms with van der Waals surface area (Å²) in [7, 11) is 0. The van der Waals surface area contributed by atoms with Crippen LogP contribution < -0.4 is 5.32 Å². The third kappa shape index (κ3) is 4.35. The average molecular weight is 280 g/mol. The first-order valence-electron chi connectivity index (χ1n) is 6.65. The van der Waals surface area contributed by atoms with Crippen molar-refractivity contribution in [1.29, 1.82) is 0 Å². The van der Waals surface area contributed by atoms with Crippen LogP contribution in [0.1, 0.15) is 25.7 Å². The second-order valence-electron chi connectivity index (χ2n) is 5.12. The van der Waals surface area contributed by atoms with E-state index in [1.807, 2.05) is 0 Å². The van der Waals surface area contributed by atoms with E-state index in [-0.39, 0.29) is 12.6 Å². The summed E-state index contributed by atoms with van der Waals surface area (Å²) in [6.45, 7) is 0.345. The van der Waals surface area contributed by atoms with Crippen molar-refractivity contribution in [3.8, 4) is 0 Å². The quantitative estimate of drug-likeness (QED) is 0.847. The normalized spacial score (nSPS) is 26.8. The van der Waals surface area contributed by atoms with Gasteiger partial charge < -0.3 is 15.0 Å². The van der Waals surface area contributed by atoms with Gasteiger partial charge in [0.15, 0.2) is 0 Å². The van der Waals surface area contributed by atoms with E-state index in [9.17, 15) is 18.0 Å². The Kier molecular flexibility index (Phi) is 4.67. The summed E-state index contributed by atoms with van der Waals surface area (Å²) >= 11 is 0. The molecule has 1 N–H and O–H groups in total. The Morgan fingerprint density at radius 3 is 2.58 bits per heavy atom. The first-order valence-corrected chi connectivity index (χ1v) is 6.65.